The molecule has 0 bridgehead atoms. The van der Waals surface area contributed by atoms with E-state index in [9.17, 15) is 4.79 Å². The first-order valence-electron chi connectivity index (χ1n) is 6.69. The molecule has 0 heterocycles. The summed E-state index contributed by atoms with van der Waals surface area (Å²) in [5.41, 5.74) is 1.26. The Kier molecular flexibility index (Phi) is 4.62. The van der Waals surface area contributed by atoms with E-state index >= 15 is 0 Å². The third kappa shape index (κ3) is 3.25. The Bertz CT molecular complexity index is 375. The fraction of sp³-hybridized carbons (Fsp3) is 0.533. The van der Waals surface area contributed by atoms with Crippen LogP contribution >= 0.6 is 0 Å². The van der Waals surface area contributed by atoms with E-state index in [0.29, 0.717) is 12.5 Å². The van der Waals surface area contributed by atoms with E-state index in [0.717, 1.165) is 19.3 Å². The second-order valence-electron chi connectivity index (χ2n) is 4.64. The van der Waals surface area contributed by atoms with Crippen molar-refractivity contribution in [1.29, 1.82) is 0 Å². The van der Waals surface area contributed by atoms with Crippen molar-refractivity contribution in [3.8, 4) is 0 Å². The second-order valence-corrected chi connectivity index (χ2v) is 4.64. The zero-order valence-corrected chi connectivity index (χ0v) is 10.8. The Labute approximate surface area is 108 Å². The minimum Gasteiger partial charge on any atom is -0.435 e. The molecule has 2 atom stereocenters. The van der Waals surface area contributed by atoms with Crippen LogP contribution in [0.3, 0.4) is 0 Å². The molecule has 3 nitrogen and oxygen atoms in total. The van der Waals surface area contributed by atoms with Crippen molar-refractivity contribution in [2.24, 2.45) is 0 Å². The van der Waals surface area contributed by atoms with Crippen LogP contribution in [0.1, 0.15) is 44.1 Å². The average Bonchev–Trinajstić information content (AvgIpc) is 2.40. The zero-order valence-electron chi connectivity index (χ0n) is 10.8. The molecule has 3 heteroatoms. The molecule has 1 aromatic carbocycles. The minimum absolute atomic E-state index is 0.0415. The first-order valence-corrected chi connectivity index (χ1v) is 6.69. The van der Waals surface area contributed by atoms with Crippen molar-refractivity contribution in [2.75, 3.05) is 6.61 Å². The highest BCUT2D eigenvalue weighted by atomic mass is 16.7. The van der Waals surface area contributed by atoms with Crippen molar-refractivity contribution >= 4 is 6.16 Å². The molecule has 1 fully saturated rings. The van der Waals surface area contributed by atoms with Crippen LogP contribution in [0.4, 0.5) is 4.79 Å². The molecule has 0 N–H and O–H groups in total. The summed E-state index contributed by atoms with van der Waals surface area (Å²) in [6.07, 6.45) is 3.74. The van der Waals surface area contributed by atoms with Gasteiger partial charge in [0.15, 0.2) is 0 Å². The van der Waals surface area contributed by atoms with E-state index < -0.39 is 6.16 Å². The number of carbonyl (C=O) groups is 1. The van der Waals surface area contributed by atoms with Crippen LogP contribution in [-0.2, 0) is 9.47 Å². The van der Waals surface area contributed by atoms with Crippen LogP contribution < -0.4 is 0 Å². The van der Waals surface area contributed by atoms with E-state index in [1.165, 1.54) is 12.0 Å². The van der Waals surface area contributed by atoms with E-state index in [4.69, 9.17) is 9.47 Å². The second kappa shape index (κ2) is 6.43. The van der Waals surface area contributed by atoms with E-state index in [2.05, 4.69) is 12.1 Å². The number of rotatable bonds is 3. The summed E-state index contributed by atoms with van der Waals surface area (Å²) < 4.78 is 10.3. The maximum absolute atomic E-state index is 11.4. The molecule has 1 saturated carbocycles. The monoisotopic (exact) mass is 248 g/mol. The molecule has 2 rings (SSSR count). The molecular formula is C15H20O3. The standard InChI is InChI=1S/C15H20O3/c1-2-17-15(16)18-14-11-7-6-10-13(14)12-8-4-3-5-9-12/h3-5,8-9,13-14H,2,6-7,10-11H2,1H3/t13-,14-/m0/s1. The topological polar surface area (TPSA) is 35.5 Å². The molecule has 0 aliphatic heterocycles. The summed E-state index contributed by atoms with van der Waals surface area (Å²) in [6.45, 7) is 2.15. The summed E-state index contributed by atoms with van der Waals surface area (Å²) in [4.78, 5) is 11.4. The number of benzene rings is 1. The fourth-order valence-electron chi connectivity index (χ4n) is 2.59. The number of hydrogen-bond acceptors (Lipinski definition) is 3. The van der Waals surface area contributed by atoms with Crippen molar-refractivity contribution in [1.82, 2.24) is 0 Å². The van der Waals surface area contributed by atoms with Crippen molar-refractivity contribution in [3.63, 3.8) is 0 Å². The molecular weight excluding hydrogens is 228 g/mol. The van der Waals surface area contributed by atoms with Gasteiger partial charge in [-0.15, -0.1) is 0 Å². The van der Waals surface area contributed by atoms with Gasteiger partial charge in [0.2, 0.25) is 0 Å². The number of hydrogen-bond donors (Lipinski definition) is 0. The molecule has 98 valence electrons. The molecule has 0 saturated heterocycles. The predicted molar refractivity (Wildman–Crippen MR) is 69.5 cm³/mol. The molecule has 0 aromatic heterocycles. The normalized spacial score (nSPS) is 23.4. The quantitative estimate of drug-likeness (QED) is 0.761. The lowest BCUT2D eigenvalue weighted by Crippen LogP contribution is -2.29. The Balaban J connectivity index is 2.04. The lowest BCUT2D eigenvalue weighted by atomic mass is 9.81. The van der Waals surface area contributed by atoms with E-state index in [-0.39, 0.29) is 6.10 Å². The molecule has 1 aliphatic rings. The predicted octanol–water partition coefficient (Wildman–Crippen LogP) is 3.89. The van der Waals surface area contributed by atoms with Gasteiger partial charge in [-0.3, -0.25) is 0 Å². The third-order valence-electron chi connectivity index (χ3n) is 3.44. The maximum atomic E-state index is 11.4. The van der Waals surface area contributed by atoms with Gasteiger partial charge >= 0.3 is 6.16 Å². The van der Waals surface area contributed by atoms with Crippen LogP contribution in [0.5, 0.6) is 0 Å². The summed E-state index contributed by atoms with van der Waals surface area (Å²) in [7, 11) is 0. The van der Waals surface area contributed by atoms with Gasteiger partial charge in [-0.1, -0.05) is 36.8 Å². The van der Waals surface area contributed by atoms with Crippen molar-refractivity contribution in [2.45, 2.75) is 44.6 Å². The molecule has 0 amide bonds. The minimum atomic E-state index is -0.537. The lowest BCUT2D eigenvalue weighted by molar-refractivity contribution is 0.00495. The van der Waals surface area contributed by atoms with Crippen LogP contribution in [0.2, 0.25) is 0 Å². The highest BCUT2D eigenvalue weighted by molar-refractivity contribution is 5.60. The largest absolute Gasteiger partial charge is 0.508 e. The van der Waals surface area contributed by atoms with Gasteiger partial charge < -0.3 is 9.47 Å². The van der Waals surface area contributed by atoms with Crippen molar-refractivity contribution < 1.29 is 14.3 Å². The highest BCUT2D eigenvalue weighted by Crippen LogP contribution is 2.35. The van der Waals surface area contributed by atoms with Gasteiger partial charge in [0.25, 0.3) is 0 Å². The summed E-state index contributed by atoms with van der Waals surface area (Å²) in [5.74, 6) is 0.310. The molecule has 0 spiro atoms. The van der Waals surface area contributed by atoms with Crippen LogP contribution in [0.15, 0.2) is 30.3 Å². The Morgan fingerprint density at radius 3 is 2.67 bits per heavy atom. The van der Waals surface area contributed by atoms with E-state index in [1.807, 2.05) is 18.2 Å². The van der Waals surface area contributed by atoms with E-state index in [1.54, 1.807) is 6.92 Å². The molecule has 0 unspecified atom stereocenters. The maximum Gasteiger partial charge on any atom is 0.508 e. The van der Waals surface area contributed by atoms with Gasteiger partial charge in [-0.05, 0) is 31.7 Å². The Morgan fingerprint density at radius 1 is 1.22 bits per heavy atom. The fourth-order valence-corrected chi connectivity index (χ4v) is 2.59. The summed E-state index contributed by atoms with van der Waals surface area (Å²) >= 11 is 0. The van der Waals surface area contributed by atoms with Gasteiger partial charge in [-0.2, -0.15) is 0 Å². The lowest BCUT2D eigenvalue weighted by Gasteiger charge is -2.31. The molecule has 18 heavy (non-hydrogen) atoms. The van der Waals surface area contributed by atoms with Crippen LogP contribution in [-0.4, -0.2) is 18.9 Å². The first-order chi connectivity index (χ1) is 8.81. The highest BCUT2D eigenvalue weighted by Gasteiger charge is 2.29. The number of ether oxygens (including phenoxy) is 2. The van der Waals surface area contributed by atoms with Crippen LogP contribution in [0.25, 0.3) is 0 Å². The van der Waals surface area contributed by atoms with Crippen molar-refractivity contribution in [3.05, 3.63) is 35.9 Å². The first kappa shape index (κ1) is 12.9. The third-order valence-corrected chi connectivity index (χ3v) is 3.44. The van der Waals surface area contributed by atoms with Gasteiger partial charge in [0, 0.05) is 5.92 Å². The van der Waals surface area contributed by atoms with Crippen LogP contribution in [0, 0.1) is 0 Å². The Hall–Kier alpha value is -1.51. The zero-order chi connectivity index (χ0) is 12.8. The summed E-state index contributed by atoms with van der Waals surface area (Å²) in [6, 6.07) is 10.3. The van der Waals surface area contributed by atoms with Gasteiger partial charge in [0.05, 0.1) is 6.61 Å². The average molecular weight is 248 g/mol. The van der Waals surface area contributed by atoms with Gasteiger partial charge in [0.1, 0.15) is 6.10 Å². The number of carbonyl (C=O) groups excluding carboxylic acids is 1. The smallest absolute Gasteiger partial charge is 0.435 e. The molecule has 1 aromatic rings. The van der Waals surface area contributed by atoms with Gasteiger partial charge in [-0.25, -0.2) is 4.79 Å². The SMILES string of the molecule is CCOC(=O)O[C@H]1CCCC[C@H]1c1ccccc1. The summed E-state index contributed by atoms with van der Waals surface area (Å²) in [5, 5.41) is 0. The Morgan fingerprint density at radius 2 is 1.94 bits per heavy atom. The molecule has 1 aliphatic carbocycles. The molecule has 0 radical (unpaired) electrons.